The number of allylic oxidation sites excluding steroid dienone is 2. The normalized spacial score (nSPS) is 17.7. The molecule has 2 heterocycles. The summed E-state index contributed by atoms with van der Waals surface area (Å²) in [6.07, 6.45) is -4.70. The zero-order valence-electron chi connectivity index (χ0n) is 16.4. The first-order valence-electron chi connectivity index (χ1n) is 8.73. The summed E-state index contributed by atoms with van der Waals surface area (Å²) in [6, 6.07) is 4.01. The van der Waals surface area contributed by atoms with Gasteiger partial charge >= 0.3 is 6.18 Å². The molecule has 3 rings (SSSR count). The van der Waals surface area contributed by atoms with Crippen LogP contribution in [-0.4, -0.2) is 23.7 Å². The molecule has 12 heteroatoms. The van der Waals surface area contributed by atoms with Gasteiger partial charge in [0.1, 0.15) is 16.8 Å². The number of rotatable bonds is 3. The van der Waals surface area contributed by atoms with Crippen LogP contribution in [0, 0.1) is 0 Å². The van der Waals surface area contributed by atoms with E-state index in [1.807, 2.05) is 0 Å². The van der Waals surface area contributed by atoms with Crippen molar-refractivity contribution in [2.24, 2.45) is 0 Å². The van der Waals surface area contributed by atoms with Crippen LogP contribution < -0.4 is 10.0 Å². The highest BCUT2D eigenvalue weighted by molar-refractivity contribution is 7.93. The highest BCUT2D eigenvalue weighted by atomic mass is 35.5. The zero-order valence-corrected chi connectivity index (χ0v) is 18.7. The van der Waals surface area contributed by atoms with Crippen molar-refractivity contribution in [3.05, 3.63) is 56.2 Å². The molecule has 2 N–H and O–H groups in total. The Balaban J connectivity index is 2.27. The third kappa shape index (κ3) is 4.46. The quantitative estimate of drug-likeness (QED) is 0.632. The number of benzene rings is 1. The van der Waals surface area contributed by atoms with Crippen LogP contribution >= 0.6 is 23.2 Å². The lowest BCUT2D eigenvalue weighted by Crippen LogP contribution is -2.44. The summed E-state index contributed by atoms with van der Waals surface area (Å²) in [5.41, 5.74) is -1.48. The van der Waals surface area contributed by atoms with Crippen LogP contribution in [0.1, 0.15) is 45.0 Å². The summed E-state index contributed by atoms with van der Waals surface area (Å²) in [7, 11) is -4.13. The maximum atomic E-state index is 13.3. The molecule has 0 aliphatic carbocycles. The largest absolute Gasteiger partial charge is 0.435 e. The Bertz CT molecular complexity index is 1140. The molecule has 30 heavy (non-hydrogen) atoms. The number of anilines is 1. The molecule has 0 saturated carbocycles. The Labute approximate surface area is 182 Å². The van der Waals surface area contributed by atoms with Gasteiger partial charge in [-0.05, 0) is 45.4 Å². The van der Waals surface area contributed by atoms with E-state index in [0.717, 1.165) is 10.7 Å². The van der Waals surface area contributed by atoms with Crippen molar-refractivity contribution in [1.29, 1.82) is 0 Å². The lowest BCUT2D eigenvalue weighted by atomic mass is 10.0. The van der Waals surface area contributed by atoms with Gasteiger partial charge in [0.05, 0.1) is 10.0 Å². The van der Waals surface area contributed by atoms with Gasteiger partial charge in [-0.2, -0.15) is 18.3 Å². The first-order chi connectivity index (χ1) is 13.6. The molecule has 2 aromatic rings. The van der Waals surface area contributed by atoms with Gasteiger partial charge in [0.25, 0.3) is 0 Å². The maximum absolute atomic E-state index is 13.3. The maximum Gasteiger partial charge on any atom is 0.435 e. The third-order valence-electron chi connectivity index (χ3n) is 4.19. The van der Waals surface area contributed by atoms with Crippen LogP contribution in [0.15, 0.2) is 34.9 Å². The molecule has 6 nitrogen and oxygen atoms in total. The summed E-state index contributed by atoms with van der Waals surface area (Å²) in [5.74, 6) is 0.00519. The zero-order chi connectivity index (χ0) is 22.6. The van der Waals surface area contributed by atoms with E-state index in [1.54, 1.807) is 20.8 Å². The van der Waals surface area contributed by atoms with Gasteiger partial charge in [-0.15, -0.1) is 0 Å². The van der Waals surface area contributed by atoms with E-state index < -0.39 is 33.5 Å². The summed E-state index contributed by atoms with van der Waals surface area (Å²) in [6.45, 7) is 6.45. The molecule has 0 radical (unpaired) electrons. The van der Waals surface area contributed by atoms with E-state index in [1.165, 1.54) is 25.1 Å². The molecular weight excluding hydrogens is 464 g/mol. The molecule has 1 atom stereocenters. The van der Waals surface area contributed by atoms with Crippen LogP contribution in [0.4, 0.5) is 19.0 Å². The van der Waals surface area contributed by atoms with Gasteiger partial charge in [-0.1, -0.05) is 29.3 Å². The van der Waals surface area contributed by atoms with Crippen LogP contribution in [0.5, 0.6) is 0 Å². The number of halogens is 5. The van der Waals surface area contributed by atoms with Crippen molar-refractivity contribution in [1.82, 2.24) is 14.5 Å². The topological polar surface area (TPSA) is 76.0 Å². The molecule has 164 valence electrons. The number of hydrogen-bond donors (Lipinski definition) is 2. The lowest BCUT2D eigenvalue weighted by Gasteiger charge is -2.32. The Kier molecular flexibility index (Phi) is 5.68. The fourth-order valence-corrected chi connectivity index (χ4v) is 5.38. The Morgan fingerprint density at radius 1 is 1.13 bits per heavy atom. The second-order valence-electron chi connectivity index (χ2n) is 7.90. The molecular formula is C18H19Cl2F3N4O2S. The molecule has 1 aliphatic rings. The molecule has 1 aromatic heterocycles. The molecule has 0 spiro atoms. The first-order valence-corrected chi connectivity index (χ1v) is 11.0. The Hall–Kier alpha value is -1.75. The van der Waals surface area contributed by atoms with Crippen molar-refractivity contribution in [2.75, 3.05) is 5.32 Å². The molecule has 0 fully saturated rings. The smallest absolute Gasteiger partial charge is 0.343 e. The monoisotopic (exact) mass is 482 g/mol. The van der Waals surface area contributed by atoms with E-state index >= 15 is 0 Å². The minimum Gasteiger partial charge on any atom is -0.343 e. The first kappa shape index (κ1) is 22.9. The van der Waals surface area contributed by atoms with Gasteiger partial charge in [0.15, 0.2) is 5.69 Å². The highest BCUT2D eigenvalue weighted by Crippen LogP contribution is 2.42. The number of sulfonamides is 1. The van der Waals surface area contributed by atoms with Crippen molar-refractivity contribution < 1.29 is 21.6 Å². The number of nitrogens with zero attached hydrogens (tertiary/aromatic N) is 2. The van der Waals surface area contributed by atoms with Crippen molar-refractivity contribution in [3.63, 3.8) is 0 Å². The molecule has 0 bridgehead atoms. The Morgan fingerprint density at radius 2 is 1.77 bits per heavy atom. The highest BCUT2D eigenvalue weighted by Gasteiger charge is 2.42. The minimum absolute atomic E-state index is 0.00519. The van der Waals surface area contributed by atoms with Crippen molar-refractivity contribution in [2.45, 2.75) is 45.5 Å². The lowest BCUT2D eigenvalue weighted by molar-refractivity contribution is -0.141. The minimum atomic E-state index is -4.70. The number of hydrogen-bond acceptors (Lipinski definition) is 4. The predicted octanol–water partition coefficient (Wildman–Crippen LogP) is 5.17. The second kappa shape index (κ2) is 7.44. The Morgan fingerprint density at radius 3 is 2.30 bits per heavy atom. The number of fused-ring (bicyclic) bond motifs is 1. The molecule has 1 aromatic carbocycles. The average molecular weight is 483 g/mol. The van der Waals surface area contributed by atoms with Crippen molar-refractivity contribution in [3.8, 4) is 0 Å². The molecule has 1 aliphatic heterocycles. The van der Waals surface area contributed by atoms with E-state index in [4.69, 9.17) is 23.2 Å². The van der Waals surface area contributed by atoms with E-state index in [-0.39, 0.29) is 26.5 Å². The van der Waals surface area contributed by atoms with Gasteiger partial charge in [0.2, 0.25) is 10.0 Å². The van der Waals surface area contributed by atoms with E-state index in [2.05, 4.69) is 15.1 Å². The fraction of sp³-hybridized carbons (Fsp3) is 0.389. The molecule has 1 unspecified atom stereocenters. The number of alkyl halides is 3. The SMILES string of the molecule is CC1=C(S(=O)(=O)NC(C)(C)C)C(c2ccc(Cl)c(Cl)c2)n2nc(C(F)(F)F)cc2N1. The van der Waals surface area contributed by atoms with Crippen LogP contribution in [0.25, 0.3) is 0 Å². The van der Waals surface area contributed by atoms with Crippen molar-refractivity contribution >= 4 is 39.0 Å². The van der Waals surface area contributed by atoms with Crippen LogP contribution in [0.2, 0.25) is 10.0 Å². The third-order valence-corrected chi connectivity index (χ3v) is 6.92. The summed E-state index contributed by atoms with van der Waals surface area (Å²) in [4.78, 5) is -0.167. The van der Waals surface area contributed by atoms with Gasteiger partial charge in [0, 0.05) is 17.3 Å². The standard InChI is InChI=1S/C18H19Cl2F3N4O2S/c1-9-16(30(28,29)26-17(2,3)4)15(10-5-6-11(19)12(20)7-10)27-14(24-9)8-13(25-27)18(21,22)23/h5-8,15,24,26H,1-4H3. The number of nitrogens with one attached hydrogen (secondary N) is 2. The number of aromatic nitrogens is 2. The molecule has 0 saturated heterocycles. The van der Waals surface area contributed by atoms with Crippen LogP contribution in [0.3, 0.4) is 0 Å². The van der Waals surface area contributed by atoms with Gasteiger partial charge < -0.3 is 5.32 Å². The predicted molar refractivity (Wildman–Crippen MR) is 110 cm³/mol. The van der Waals surface area contributed by atoms with E-state index in [0.29, 0.717) is 5.56 Å². The summed E-state index contributed by atoms with van der Waals surface area (Å²) in [5, 5.41) is 6.74. The fourth-order valence-electron chi connectivity index (χ4n) is 3.17. The summed E-state index contributed by atoms with van der Waals surface area (Å²) < 4.78 is 69.8. The average Bonchev–Trinajstić information content (AvgIpc) is 2.97. The molecule has 0 amide bonds. The second-order valence-corrected chi connectivity index (χ2v) is 10.4. The van der Waals surface area contributed by atoms with E-state index in [9.17, 15) is 21.6 Å². The van der Waals surface area contributed by atoms with Gasteiger partial charge in [-0.25, -0.2) is 17.8 Å². The summed E-state index contributed by atoms with van der Waals surface area (Å²) >= 11 is 12.1. The van der Waals surface area contributed by atoms with Crippen LogP contribution in [-0.2, 0) is 16.2 Å². The van der Waals surface area contributed by atoms with Gasteiger partial charge in [-0.3, -0.25) is 0 Å².